The molecule has 2 aliphatic rings. The van der Waals surface area contributed by atoms with Crippen LogP contribution < -0.4 is 10.6 Å². The third-order valence-corrected chi connectivity index (χ3v) is 5.18. The van der Waals surface area contributed by atoms with Crippen LogP contribution in [-0.2, 0) is 11.3 Å². The van der Waals surface area contributed by atoms with Crippen molar-refractivity contribution in [2.24, 2.45) is 11.3 Å². The van der Waals surface area contributed by atoms with Crippen LogP contribution in [0.2, 0.25) is 0 Å². The zero-order valence-electron chi connectivity index (χ0n) is 13.4. The fourth-order valence-corrected chi connectivity index (χ4v) is 3.67. The summed E-state index contributed by atoms with van der Waals surface area (Å²) in [6.07, 6.45) is 4.95. The Bertz CT molecular complexity index is 696. The van der Waals surface area contributed by atoms with Crippen LogP contribution in [0.3, 0.4) is 0 Å². The Hall–Kier alpha value is -1.92. The number of benzene rings is 1. The second-order valence-electron chi connectivity index (χ2n) is 6.54. The van der Waals surface area contributed by atoms with Gasteiger partial charge in [0.15, 0.2) is 5.82 Å². The summed E-state index contributed by atoms with van der Waals surface area (Å²) < 4.78 is 1.91. The summed E-state index contributed by atoms with van der Waals surface area (Å²) in [6, 6.07) is 9.92. The Morgan fingerprint density at radius 1 is 1.29 bits per heavy atom. The third-order valence-electron chi connectivity index (χ3n) is 5.18. The van der Waals surface area contributed by atoms with E-state index in [1.165, 1.54) is 0 Å². The molecule has 128 valence electrons. The summed E-state index contributed by atoms with van der Waals surface area (Å²) in [5.41, 5.74) is 1.27. The summed E-state index contributed by atoms with van der Waals surface area (Å²) in [4.78, 5) is 12.4. The van der Waals surface area contributed by atoms with Crippen LogP contribution in [0.5, 0.6) is 0 Å². The molecule has 7 heteroatoms. The summed E-state index contributed by atoms with van der Waals surface area (Å²) in [6.45, 7) is 2.48. The molecule has 1 aromatic carbocycles. The van der Waals surface area contributed by atoms with E-state index in [0.717, 1.165) is 43.9 Å². The average Bonchev–Trinajstić information content (AvgIpc) is 3.08. The van der Waals surface area contributed by atoms with E-state index in [2.05, 4.69) is 20.8 Å². The standard InChI is InChI=1S/C17H21N5O.ClH/c23-16(14-10-17(14)6-8-18-9-7-17)19-11-15-21-20-12-22(15)13-4-2-1-3-5-13;/h1-5,12,14,18H,6-11H2,(H,19,23);1H. The maximum absolute atomic E-state index is 12.4. The number of aromatic nitrogens is 3. The highest BCUT2D eigenvalue weighted by Crippen LogP contribution is 2.58. The number of nitrogens with one attached hydrogen (secondary N) is 2. The van der Waals surface area contributed by atoms with Crippen LogP contribution in [-0.4, -0.2) is 33.8 Å². The Balaban J connectivity index is 0.00000169. The molecule has 1 spiro atoms. The van der Waals surface area contributed by atoms with Gasteiger partial charge in [-0.2, -0.15) is 0 Å². The van der Waals surface area contributed by atoms with Crippen molar-refractivity contribution in [1.29, 1.82) is 0 Å². The lowest BCUT2D eigenvalue weighted by molar-refractivity contribution is -0.123. The van der Waals surface area contributed by atoms with Crippen molar-refractivity contribution in [3.05, 3.63) is 42.5 Å². The van der Waals surface area contributed by atoms with Crippen LogP contribution in [0.4, 0.5) is 0 Å². The lowest BCUT2D eigenvalue weighted by atomic mass is 9.92. The molecule has 1 aliphatic carbocycles. The Kier molecular flexibility index (Phi) is 4.87. The number of nitrogens with zero attached hydrogens (tertiary/aromatic N) is 3. The molecule has 1 aromatic heterocycles. The van der Waals surface area contributed by atoms with Crippen LogP contribution in [0, 0.1) is 11.3 Å². The van der Waals surface area contributed by atoms with Crippen molar-refractivity contribution in [3.8, 4) is 5.69 Å². The predicted octanol–water partition coefficient (Wildman–Crippen LogP) is 1.69. The van der Waals surface area contributed by atoms with Gasteiger partial charge in [-0.15, -0.1) is 22.6 Å². The molecule has 24 heavy (non-hydrogen) atoms. The van der Waals surface area contributed by atoms with E-state index < -0.39 is 0 Å². The molecule has 6 nitrogen and oxygen atoms in total. The zero-order valence-corrected chi connectivity index (χ0v) is 14.3. The van der Waals surface area contributed by atoms with Crippen molar-refractivity contribution in [2.75, 3.05) is 13.1 Å². The Morgan fingerprint density at radius 2 is 2.04 bits per heavy atom. The average molecular weight is 348 g/mol. The van der Waals surface area contributed by atoms with E-state index >= 15 is 0 Å². The molecule has 2 heterocycles. The number of hydrogen-bond donors (Lipinski definition) is 2. The number of rotatable bonds is 4. The van der Waals surface area contributed by atoms with Gasteiger partial charge in [0.25, 0.3) is 0 Å². The van der Waals surface area contributed by atoms with Crippen molar-refractivity contribution < 1.29 is 4.79 Å². The highest BCUT2D eigenvalue weighted by Gasteiger charge is 2.57. The van der Waals surface area contributed by atoms with Gasteiger partial charge in [-0.3, -0.25) is 9.36 Å². The summed E-state index contributed by atoms with van der Waals surface area (Å²) in [5.74, 6) is 1.09. The molecule has 1 aliphatic heterocycles. The van der Waals surface area contributed by atoms with Crippen molar-refractivity contribution in [2.45, 2.75) is 25.8 Å². The van der Waals surface area contributed by atoms with Crippen molar-refractivity contribution in [1.82, 2.24) is 25.4 Å². The minimum atomic E-state index is 0. The monoisotopic (exact) mass is 347 g/mol. The summed E-state index contributed by atoms with van der Waals surface area (Å²) >= 11 is 0. The number of piperidine rings is 1. The first-order valence-corrected chi connectivity index (χ1v) is 8.21. The number of para-hydroxylation sites is 1. The molecule has 2 aromatic rings. The van der Waals surface area contributed by atoms with Gasteiger partial charge >= 0.3 is 0 Å². The van der Waals surface area contributed by atoms with Crippen LogP contribution in [0.15, 0.2) is 36.7 Å². The minimum absolute atomic E-state index is 0. The molecule has 4 rings (SSSR count). The lowest BCUT2D eigenvalue weighted by Gasteiger charge is -2.23. The van der Waals surface area contributed by atoms with Crippen molar-refractivity contribution in [3.63, 3.8) is 0 Å². The summed E-state index contributed by atoms with van der Waals surface area (Å²) in [7, 11) is 0. The second-order valence-corrected chi connectivity index (χ2v) is 6.54. The molecular formula is C17H22ClN5O. The Labute approximate surface area is 147 Å². The molecule has 0 bridgehead atoms. The largest absolute Gasteiger partial charge is 0.349 e. The molecule has 0 radical (unpaired) electrons. The highest BCUT2D eigenvalue weighted by molar-refractivity contribution is 5.85. The number of hydrogen-bond acceptors (Lipinski definition) is 4. The van der Waals surface area contributed by atoms with E-state index in [1.54, 1.807) is 6.33 Å². The maximum atomic E-state index is 12.4. The first-order chi connectivity index (χ1) is 11.3. The van der Waals surface area contributed by atoms with E-state index in [1.807, 2.05) is 34.9 Å². The van der Waals surface area contributed by atoms with Gasteiger partial charge in [-0.25, -0.2) is 0 Å². The van der Waals surface area contributed by atoms with Crippen LogP contribution in [0.1, 0.15) is 25.1 Å². The molecule has 2 N–H and O–H groups in total. The molecule has 1 saturated carbocycles. The number of carbonyl (C=O) groups is 1. The third kappa shape index (κ3) is 3.16. The Morgan fingerprint density at radius 3 is 2.79 bits per heavy atom. The molecule has 2 fully saturated rings. The van der Waals surface area contributed by atoms with Gasteiger partial charge in [0.05, 0.1) is 6.54 Å². The minimum Gasteiger partial charge on any atom is -0.349 e. The fraction of sp³-hybridized carbons (Fsp3) is 0.471. The topological polar surface area (TPSA) is 71.8 Å². The first kappa shape index (κ1) is 16.9. The van der Waals surface area contributed by atoms with E-state index in [-0.39, 0.29) is 29.6 Å². The maximum Gasteiger partial charge on any atom is 0.224 e. The normalized spacial score (nSPS) is 21.1. The zero-order chi connectivity index (χ0) is 15.7. The lowest BCUT2D eigenvalue weighted by Crippen LogP contribution is -2.33. The summed E-state index contributed by atoms with van der Waals surface area (Å²) in [5, 5.41) is 14.5. The van der Waals surface area contributed by atoms with Gasteiger partial charge in [0.2, 0.25) is 5.91 Å². The predicted molar refractivity (Wildman–Crippen MR) is 93.1 cm³/mol. The molecule has 1 atom stereocenters. The van der Waals surface area contributed by atoms with E-state index in [9.17, 15) is 4.79 Å². The first-order valence-electron chi connectivity index (χ1n) is 8.21. The number of carbonyl (C=O) groups excluding carboxylic acids is 1. The van der Waals surface area contributed by atoms with Crippen LogP contribution >= 0.6 is 12.4 Å². The van der Waals surface area contributed by atoms with Crippen molar-refractivity contribution >= 4 is 18.3 Å². The number of halogens is 1. The van der Waals surface area contributed by atoms with E-state index in [0.29, 0.717) is 6.54 Å². The smallest absolute Gasteiger partial charge is 0.224 e. The second kappa shape index (κ2) is 6.91. The fourth-order valence-electron chi connectivity index (χ4n) is 3.67. The van der Waals surface area contributed by atoms with Gasteiger partial charge in [-0.1, -0.05) is 18.2 Å². The van der Waals surface area contributed by atoms with E-state index in [4.69, 9.17) is 0 Å². The quantitative estimate of drug-likeness (QED) is 0.883. The van der Waals surface area contributed by atoms with Gasteiger partial charge in [0.1, 0.15) is 6.33 Å². The highest BCUT2D eigenvalue weighted by atomic mass is 35.5. The SMILES string of the molecule is Cl.O=C(NCc1nncn1-c1ccccc1)C1CC12CCNCC2. The van der Waals surface area contributed by atoms with Crippen LogP contribution in [0.25, 0.3) is 5.69 Å². The van der Waals surface area contributed by atoms with Gasteiger partial charge in [-0.05, 0) is 49.9 Å². The van der Waals surface area contributed by atoms with Gasteiger partial charge < -0.3 is 10.6 Å². The molecular weight excluding hydrogens is 326 g/mol. The number of amides is 1. The molecule has 1 unspecified atom stereocenters. The molecule has 1 saturated heterocycles. The van der Waals surface area contributed by atoms with Gasteiger partial charge in [0, 0.05) is 11.6 Å². The molecule has 1 amide bonds.